The van der Waals surface area contributed by atoms with Gasteiger partial charge in [0.25, 0.3) is 15.9 Å². The van der Waals surface area contributed by atoms with Gasteiger partial charge < -0.3 is 4.90 Å². The highest BCUT2D eigenvalue weighted by molar-refractivity contribution is 7.92. The molecule has 0 aliphatic heterocycles. The molecule has 0 saturated carbocycles. The van der Waals surface area contributed by atoms with Crippen LogP contribution in [-0.2, 0) is 10.0 Å². The molecule has 0 bridgehead atoms. The molecule has 0 saturated heterocycles. The minimum Gasteiger partial charge on any atom is -0.309 e. The van der Waals surface area contributed by atoms with E-state index < -0.39 is 10.0 Å². The number of para-hydroxylation sites is 1. The molecule has 1 N–H and O–H groups in total. The Kier molecular flexibility index (Phi) is 6.61. The maximum atomic E-state index is 13.4. The van der Waals surface area contributed by atoms with Crippen LogP contribution in [0.2, 0.25) is 10.0 Å². The predicted octanol–water partition coefficient (Wildman–Crippen LogP) is 6.61. The molecule has 0 unspecified atom stereocenters. The van der Waals surface area contributed by atoms with Gasteiger partial charge in [0.05, 0.1) is 10.6 Å². The molecule has 0 heterocycles. The van der Waals surface area contributed by atoms with Gasteiger partial charge >= 0.3 is 0 Å². The van der Waals surface area contributed by atoms with Crippen LogP contribution in [0.3, 0.4) is 0 Å². The Morgan fingerprint density at radius 1 is 0.848 bits per heavy atom. The lowest BCUT2D eigenvalue weighted by Gasteiger charge is -2.22. The minimum atomic E-state index is -3.96. The summed E-state index contributed by atoms with van der Waals surface area (Å²) in [5, 5.41) is 1.67. The summed E-state index contributed by atoms with van der Waals surface area (Å²) < 4.78 is 28.6. The van der Waals surface area contributed by atoms with Crippen molar-refractivity contribution in [2.75, 3.05) is 16.2 Å². The molecule has 0 aliphatic carbocycles. The number of sulfonamides is 1. The van der Waals surface area contributed by atoms with Gasteiger partial charge in [0.1, 0.15) is 0 Å². The quantitative estimate of drug-likeness (QED) is 0.325. The Bertz CT molecular complexity index is 1420. The van der Waals surface area contributed by atoms with Gasteiger partial charge in [-0.25, -0.2) is 8.42 Å². The summed E-state index contributed by atoms with van der Waals surface area (Å²) in [7, 11) is -3.96. The van der Waals surface area contributed by atoms with Crippen LogP contribution < -0.4 is 9.62 Å². The average molecular weight is 499 g/mol. The molecule has 0 spiro atoms. The Labute approximate surface area is 202 Å². The number of hydrogen-bond donors (Lipinski definition) is 1. The van der Waals surface area contributed by atoms with Crippen molar-refractivity contribution in [3.05, 3.63) is 101 Å². The molecule has 168 valence electrons. The Morgan fingerprint density at radius 3 is 2.15 bits per heavy atom. The number of hydrogen-bond acceptors (Lipinski definition) is 3. The van der Waals surface area contributed by atoms with E-state index in [-0.39, 0.29) is 20.8 Å². The highest BCUT2D eigenvalue weighted by Crippen LogP contribution is 2.31. The summed E-state index contributed by atoms with van der Waals surface area (Å²) in [6, 6.07) is 23.9. The molecule has 0 aliphatic rings. The number of rotatable bonds is 6. The molecular weight excluding hydrogens is 479 g/mol. The van der Waals surface area contributed by atoms with Crippen LogP contribution in [0.5, 0.6) is 0 Å². The molecule has 0 fully saturated rings. The van der Waals surface area contributed by atoms with Gasteiger partial charge in [0.2, 0.25) is 0 Å². The van der Waals surface area contributed by atoms with E-state index in [2.05, 4.69) is 4.72 Å². The fourth-order valence-corrected chi connectivity index (χ4v) is 5.47. The second-order valence-electron chi connectivity index (χ2n) is 7.30. The summed E-state index contributed by atoms with van der Waals surface area (Å²) in [5.41, 5.74) is 1.61. The summed E-state index contributed by atoms with van der Waals surface area (Å²) >= 11 is 12.0. The molecular formula is C25H20Cl2N2O3S. The number of nitrogens with one attached hydrogen (secondary N) is 1. The van der Waals surface area contributed by atoms with Crippen LogP contribution in [0.15, 0.2) is 89.8 Å². The summed E-state index contributed by atoms with van der Waals surface area (Å²) in [4.78, 5) is 15.1. The molecule has 0 radical (unpaired) electrons. The topological polar surface area (TPSA) is 66.5 Å². The van der Waals surface area contributed by atoms with E-state index in [1.807, 2.05) is 37.3 Å². The van der Waals surface area contributed by atoms with Crippen LogP contribution in [0.1, 0.15) is 17.3 Å². The monoisotopic (exact) mass is 498 g/mol. The molecule has 5 nitrogen and oxygen atoms in total. The third-order valence-electron chi connectivity index (χ3n) is 5.17. The molecule has 4 aromatic carbocycles. The molecule has 0 atom stereocenters. The third-order valence-corrected chi connectivity index (χ3v) is 6.95. The molecule has 0 aromatic heterocycles. The maximum Gasteiger partial charge on any atom is 0.262 e. The van der Waals surface area contributed by atoms with Crippen LogP contribution in [0, 0.1) is 0 Å². The zero-order chi connectivity index (χ0) is 23.6. The van der Waals surface area contributed by atoms with Crippen molar-refractivity contribution in [2.24, 2.45) is 0 Å². The maximum absolute atomic E-state index is 13.4. The number of benzene rings is 4. The number of amides is 1. The largest absolute Gasteiger partial charge is 0.309 e. The summed E-state index contributed by atoms with van der Waals surface area (Å²) in [6.45, 7) is 2.40. The molecule has 8 heteroatoms. The highest BCUT2D eigenvalue weighted by atomic mass is 35.5. The van der Waals surface area contributed by atoms with E-state index in [4.69, 9.17) is 23.2 Å². The van der Waals surface area contributed by atoms with Crippen molar-refractivity contribution in [3.8, 4) is 0 Å². The number of carbonyl (C=O) groups excluding carboxylic acids is 1. The van der Waals surface area contributed by atoms with E-state index in [0.29, 0.717) is 28.6 Å². The van der Waals surface area contributed by atoms with Gasteiger partial charge in [-0.1, -0.05) is 65.7 Å². The number of anilines is 2. The van der Waals surface area contributed by atoms with Gasteiger partial charge in [-0.15, -0.1) is 0 Å². The Balaban J connectivity index is 1.76. The van der Waals surface area contributed by atoms with Crippen molar-refractivity contribution >= 4 is 61.3 Å². The van der Waals surface area contributed by atoms with Crippen molar-refractivity contribution in [1.82, 2.24) is 0 Å². The Hall–Kier alpha value is -3.06. The number of fused-ring (bicyclic) bond motifs is 1. The van der Waals surface area contributed by atoms with Gasteiger partial charge in [-0.2, -0.15) is 0 Å². The van der Waals surface area contributed by atoms with E-state index >= 15 is 0 Å². The number of nitrogens with zero attached hydrogens (tertiary/aromatic N) is 1. The normalized spacial score (nSPS) is 11.4. The fourth-order valence-electron chi connectivity index (χ4n) is 3.67. The zero-order valence-electron chi connectivity index (χ0n) is 17.6. The second-order valence-corrected chi connectivity index (χ2v) is 9.86. The fraction of sp³-hybridized carbons (Fsp3) is 0.0800. The first kappa shape index (κ1) is 23.1. The van der Waals surface area contributed by atoms with Crippen LogP contribution >= 0.6 is 23.2 Å². The van der Waals surface area contributed by atoms with Crippen molar-refractivity contribution in [1.29, 1.82) is 0 Å². The first-order chi connectivity index (χ1) is 15.8. The van der Waals surface area contributed by atoms with Gasteiger partial charge in [0, 0.05) is 33.2 Å². The Morgan fingerprint density at radius 2 is 1.48 bits per heavy atom. The van der Waals surface area contributed by atoms with Gasteiger partial charge in [-0.3, -0.25) is 9.52 Å². The average Bonchev–Trinajstić information content (AvgIpc) is 2.79. The lowest BCUT2D eigenvalue weighted by Crippen LogP contribution is -2.30. The number of halogens is 2. The second kappa shape index (κ2) is 9.43. The molecule has 4 rings (SSSR count). The van der Waals surface area contributed by atoms with Crippen molar-refractivity contribution in [3.63, 3.8) is 0 Å². The van der Waals surface area contributed by atoms with E-state index in [1.165, 1.54) is 18.2 Å². The first-order valence-corrected chi connectivity index (χ1v) is 12.4. The van der Waals surface area contributed by atoms with Gasteiger partial charge in [0.15, 0.2) is 0 Å². The van der Waals surface area contributed by atoms with Crippen LogP contribution in [0.25, 0.3) is 10.8 Å². The van der Waals surface area contributed by atoms with Crippen molar-refractivity contribution < 1.29 is 13.2 Å². The molecule has 4 aromatic rings. The smallest absolute Gasteiger partial charge is 0.262 e. The first-order valence-electron chi connectivity index (χ1n) is 10.2. The van der Waals surface area contributed by atoms with E-state index in [1.54, 1.807) is 41.3 Å². The van der Waals surface area contributed by atoms with Crippen LogP contribution in [0.4, 0.5) is 11.4 Å². The third kappa shape index (κ3) is 4.83. The lowest BCUT2D eigenvalue weighted by atomic mass is 10.0. The zero-order valence-corrected chi connectivity index (χ0v) is 20.0. The lowest BCUT2D eigenvalue weighted by molar-refractivity contribution is 0.0990. The minimum absolute atomic E-state index is 0.0505. The standard InChI is InChI=1S/C25H20Cl2N2O3S/c1-2-29(19-8-4-3-5-9-19)25(30)23-12-6-11-22-21(23)10-7-13-24(22)28-33(31,32)20-15-17(26)14-18(27)16-20/h3-16,28H,2H2,1H3. The van der Waals surface area contributed by atoms with E-state index in [9.17, 15) is 13.2 Å². The predicted molar refractivity (Wildman–Crippen MR) is 135 cm³/mol. The molecule has 33 heavy (non-hydrogen) atoms. The van der Waals surface area contributed by atoms with Crippen LogP contribution in [-0.4, -0.2) is 20.9 Å². The van der Waals surface area contributed by atoms with Crippen molar-refractivity contribution in [2.45, 2.75) is 11.8 Å². The molecule has 1 amide bonds. The highest BCUT2D eigenvalue weighted by Gasteiger charge is 2.21. The number of carbonyl (C=O) groups is 1. The van der Waals surface area contributed by atoms with E-state index in [0.717, 1.165) is 5.69 Å². The SMILES string of the molecule is CCN(C(=O)c1cccc2c(NS(=O)(=O)c3cc(Cl)cc(Cl)c3)cccc12)c1ccccc1. The van der Waals surface area contributed by atoms with Gasteiger partial charge in [-0.05, 0) is 54.8 Å². The summed E-state index contributed by atoms with van der Waals surface area (Å²) in [6.07, 6.45) is 0. The summed E-state index contributed by atoms with van der Waals surface area (Å²) in [5.74, 6) is -0.170.